The van der Waals surface area contributed by atoms with Gasteiger partial charge in [0.05, 0.1) is 23.2 Å². The van der Waals surface area contributed by atoms with Gasteiger partial charge in [-0.1, -0.05) is 70.4 Å². The summed E-state index contributed by atoms with van der Waals surface area (Å²) in [5, 5.41) is 10.8. The predicted octanol–water partition coefficient (Wildman–Crippen LogP) is 6.94. The maximum absolute atomic E-state index is 12.2. The highest BCUT2D eigenvalue weighted by molar-refractivity contribution is 5.94. The van der Waals surface area contributed by atoms with Gasteiger partial charge in [0.15, 0.2) is 0 Å². The molecule has 0 fully saturated rings. The molecule has 6 nitrogen and oxygen atoms in total. The Morgan fingerprint density at radius 3 is 2.29 bits per heavy atom. The maximum Gasteiger partial charge on any atom is 0.348 e. The summed E-state index contributed by atoms with van der Waals surface area (Å²) in [4.78, 5) is 28.6. The molecule has 0 radical (unpaired) electrons. The van der Waals surface area contributed by atoms with Crippen LogP contribution in [0.3, 0.4) is 0 Å². The monoisotopic (exact) mass is 463 g/mol. The molecule has 0 atom stereocenters. The van der Waals surface area contributed by atoms with Crippen LogP contribution < -0.4 is 5.63 Å². The third-order valence-electron chi connectivity index (χ3n) is 5.75. The van der Waals surface area contributed by atoms with Gasteiger partial charge in [-0.05, 0) is 42.8 Å². The highest BCUT2D eigenvalue weighted by Crippen LogP contribution is 2.25. The normalized spacial score (nSPS) is 11.3. The van der Waals surface area contributed by atoms with E-state index in [0.717, 1.165) is 12.8 Å². The predicted molar refractivity (Wildman–Crippen MR) is 135 cm³/mol. The molecule has 34 heavy (non-hydrogen) atoms. The number of ether oxygens (including phenoxy) is 1. The van der Waals surface area contributed by atoms with Crippen LogP contribution in [0.1, 0.15) is 80.6 Å². The van der Waals surface area contributed by atoms with Crippen LogP contribution in [0, 0.1) is 0 Å². The smallest absolute Gasteiger partial charge is 0.348 e. The summed E-state index contributed by atoms with van der Waals surface area (Å²) in [7, 11) is 0. The van der Waals surface area contributed by atoms with Crippen molar-refractivity contribution in [2.45, 2.75) is 64.7 Å². The molecular weight excluding hydrogens is 430 g/mol. The fourth-order valence-electron chi connectivity index (χ4n) is 3.75. The van der Waals surface area contributed by atoms with Crippen molar-refractivity contribution in [3.63, 3.8) is 0 Å². The molecule has 0 unspecified atom stereocenters. The number of rotatable bonds is 13. The van der Waals surface area contributed by atoms with Crippen molar-refractivity contribution in [3.8, 4) is 5.75 Å². The van der Waals surface area contributed by atoms with Crippen LogP contribution in [-0.2, 0) is 4.74 Å². The van der Waals surface area contributed by atoms with Crippen LogP contribution in [0.5, 0.6) is 5.75 Å². The van der Waals surface area contributed by atoms with E-state index in [9.17, 15) is 14.7 Å². The zero-order chi connectivity index (χ0) is 24.2. The number of hydrogen-bond acceptors (Lipinski definition) is 6. The number of esters is 1. The lowest BCUT2D eigenvalue weighted by Crippen LogP contribution is -2.07. The van der Waals surface area contributed by atoms with E-state index in [1.165, 1.54) is 51.2 Å². The fourth-order valence-corrected chi connectivity index (χ4v) is 3.75. The van der Waals surface area contributed by atoms with Crippen LogP contribution in [0.4, 0.5) is 5.69 Å². The van der Waals surface area contributed by atoms with Gasteiger partial charge in [-0.15, -0.1) is 0 Å². The van der Waals surface area contributed by atoms with Gasteiger partial charge in [-0.3, -0.25) is 4.99 Å². The number of hydrogen-bond donors (Lipinski definition) is 1. The van der Waals surface area contributed by atoms with Crippen molar-refractivity contribution < 1.29 is 19.1 Å². The van der Waals surface area contributed by atoms with Crippen LogP contribution in [0.15, 0.2) is 62.7 Å². The Morgan fingerprint density at radius 2 is 1.59 bits per heavy atom. The van der Waals surface area contributed by atoms with Crippen LogP contribution in [0.2, 0.25) is 0 Å². The summed E-state index contributed by atoms with van der Waals surface area (Å²) in [5.74, 6) is -0.532. The number of aromatic hydroxyl groups is 1. The first-order valence-electron chi connectivity index (χ1n) is 12.2. The van der Waals surface area contributed by atoms with Crippen molar-refractivity contribution in [2.24, 2.45) is 4.99 Å². The summed E-state index contributed by atoms with van der Waals surface area (Å²) in [6.45, 7) is 2.65. The molecule has 180 valence electrons. The van der Waals surface area contributed by atoms with E-state index >= 15 is 0 Å². The van der Waals surface area contributed by atoms with Crippen molar-refractivity contribution in [1.29, 1.82) is 0 Å². The summed E-state index contributed by atoms with van der Waals surface area (Å²) < 4.78 is 10.6. The Bertz CT molecular complexity index is 1150. The molecule has 6 heteroatoms. The quantitative estimate of drug-likeness (QED) is 0.128. The molecule has 1 heterocycles. The fraction of sp³-hybridized carbons (Fsp3) is 0.393. The van der Waals surface area contributed by atoms with Crippen molar-refractivity contribution in [2.75, 3.05) is 6.61 Å². The van der Waals surface area contributed by atoms with Gasteiger partial charge in [0.2, 0.25) is 0 Å². The summed E-state index contributed by atoms with van der Waals surface area (Å²) in [6.07, 6.45) is 12.2. The first-order valence-corrected chi connectivity index (χ1v) is 12.2. The van der Waals surface area contributed by atoms with Gasteiger partial charge >= 0.3 is 11.6 Å². The molecule has 1 N–H and O–H groups in total. The van der Waals surface area contributed by atoms with Crippen LogP contribution >= 0.6 is 0 Å². The van der Waals surface area contributed by atoms with Crippen molar-refractivity contribution >= 4 is 28.8 Å². The molecule has 1 aromatic heterocycles. The highest BCUT2D eigenvalue weighted by Gasteiger charge is 2.12. The van der Waals surface area contributed by atoms with Gasteiger partial charge in [-0.25, -0.2) is 9.59 Å². The lowest BCUT2D eigenvalue weighted by molar-refractivity contribution is 0.0497. The first-order chi connectivity index (χ1) is 16.6. The van der Waals surface area contributed by atoms with Crippen molar-refractivity contribution in [3.05, 3.63) is 70.1 Å². The Morgan fingerprint density at radius 1 is 0.941 bits per heavy atom. The van der Waals surface area contributed by atoms with Gasteiger partial charge in [-0.2, -0.15) is 0 Å². The maximum atomic E-state index is 12.2. The number of nitrogens with zero attached hydrogens (tertiary/aromatic N) is 1. The molecule has 0 aliphatic rings. The minimum atomic E-state index is -0.670. The molecule has 0 aliphatic heterocycles. The molecule has 0 spiro atoms. The minimum Gasteiger partial charge on any atom is -0.506 e. The Labute approximate surface area is 200 Å². The number of benzene rings is 2. The zero-order valence-corrected chi connectivity index (χ0v) is 19.8. The van der Waals surface area contributed by atoms with Gasteiger partial charge in [0.1, 0.15) is 16.9 Å². The molecule has 3 aromatic rings. The van der Waals surface area contributed by atoms with Gasteiger partial charge in [0.25, 0.3) is 0 Å². The molecular formula is C28H33NO5. The minimum absolute atomic E-state index is 0.0249. The zero-order valence-electron chi connectivity index (χ0n) is 19.8. The molecule has 0 amide bonds. The second-order valence-corrected chi connectivity index (χ2v) is 8.42. The van der Waals surface area contributed by atoms with E-state index in [1.54, 1.807) is 48.5 Å². The first kappa shape index (κ1) is 25.2. The SMILES string of the molecule is CCCCCCCCCCCOC(=O)c1ccc(N=Cc2c(O)c3ccccc3oc2=O)cc1. The second-order valence-electron chi connectivity index (χ2n) is 8.42. The average Bonchev–Trinajstić information content (AvgIpc) is 2.85. The van der Waals surface area contributed by atoms with E-state index in [1.807, 2.05) is 0 Å². The standard InChI is InChI=1S/C28H33NO5/c1-2-3-4-5-6-7-8-9-12-19-33-27(31)21-15-17-22(18-16-21)29-20-24-26(30)23-13-10-11-14-25(23)34-28(24)32/h10-11,13-18,20,30H,2-9,12,19H2,1H3. The highest BCUT2D eigenvalue weighted by atomic mass is 16.5. The lowest BCUT2D eigenvalue weighted by atomic mass is 10.1. The van der Waals surface area contributed by atoms with Crippen LogP contribution in [-0.4, -0.2) is 23.9 Å². The van der Waals surface area contributed by atoms with E-state index in [2.05, 4.69) is 11.9 Å². The van der Waals surface area contributed by atoms with Gasteiger partial charge in [0, 0.05) is 6.21 Å². The van der Waals surface area contributed by atoms with E-state index in [-0.39, 0.29) is 17.3 Å². The topological polar surface area (TPSA) is 89.1 Å². The largest absolute Gasteiger partial charge is 0.506 e. The Hall–Kier alpha value is -3.41. The number of carbonyl (C=O) groups is 1. The summed E-state index contributed by atoms with van der Waals surface area (Å²) in [5.41, 5.74) is 0.595. The van der Waals surface area contributed by atoms with E-state index < -0.39 is 5.63 Å². The number of unbranched alkanes of at least 4 members (excludes halogenated alkanes) is 8. The number of aliphatic imine (C=N–C) groups is 1. The molecule has 0 saturated heterocycles. The molecule has 2 aromatic carbocycles. The van der Waals surface area contributed by atoms with E-state index in [4.69, 9.17) is 9.15 Å². The summed E-state index contributed by atoms with van der Waals surface area (Å²) in [6, 6.07) is 13.3. The molecule has 3 rings (SSSR count). The Kier molecular flexibility index (Phi) is 9.89. The summed E-state index contributed by atoms with van der Waals surface area (Å²) >= 11 is 0. The van der Waals surface area contributed by atoms with Crippen LogP contribution in [0.25, 0.3) is 11.0 Å². The van der Waals surface area contributed by atoms with Crippen molar-refractivity contribution in [1.82, 2.24) is 0 Å². The third-order valence-corrected chi connectivity index (χ3v) is 5.75. The Balaban J connectivity index is 1.45. The number of fused-ring (bicyclic) bond motifs is 1. The molecule has 0 saturated carbocycles. The second kappa shape index (κ2) is 13.3. The molecule has 0 bridgehead atoms. The van der Waals surface area contributed by atoms with E-state index in [0.29, 0.717) is 28.8 Å². The average molecular weight is 464 g/mol. The number of carbonyl (C=O) groups excluding carboxylic acids is 1. The molecule has 0 aliphatic carbocycles. The third kappa shape index (κ3) is 7.30. The van der Waals surface area contributed by atoms with Gasteiger partial charge < -0.3 is 14.3 Å². The number of para-hydroxylation sites is 1. The lowest BCUT2D eigenvalue weighted by Gasteiger charge is -2.05.